The third kappa shape index (κ3) is 14.5. The standard InChI is InChI=1S/C14H18S6.C6H4I2.C4H8S3/c1-2-11(17-7-13-5-15-9-19-13)4-12(3-1)18-8-14-6-16-10-20-14;7-5-2-1-3-6(8)4-5;5-1-4-2-6-3-7-4/h1-4,13-14H,5-10H2;1-4H;4-5H,1-3H2. The van der Waals surface area contributed by atoms with Gasteiger partial charge >= 0.3 is 0 Å². The van der Waals surface area contributed by atoms with Crippen molar-refractivity contribution in [3.05, 3.63) is 55.7 Å². The summed E-state index contributed by atoms with van der Waals surface area (Å²) in [5.41, 5.74) is 0. The van der Waals surface area contributed by atoms with Gasteiger partial charge in [-0.2, -0.15) is 12.6 Å². The summed E-state index contributed by atoms with van der Waals surface area (Å²) in [6.07, 6.45) is 0. The zero-order valence-electron chi connectivity index (χ0n) is 19.2. The van der Waals surface area contributed by atoms with E-state index in [0.29, 0.717) is 0 Å². The van der Waals surface area contributed by atoms with Crippen molar-refractivity contribution in [2.45, 2.75) is 25.5 Å². The summed E-state index contributed by atoms with van der Waals surface area (Å²) < 4.78 is 2.60. The molecule has 2 aromatic rings. The normalized spacial score (nSPS) is 23.3. The molecule has 194 valence electrons. The molecule has 3 heterocycles. The first-order chi connectivity index (χ1) is 17.1. The molecule has 0 nitrogen and oxygen atoms in total. The lowest BCUT2D eigenvalue weighted by Crippen LogP contribution is -2.04. The highest BCUT2D eigenvalue weighted by Gasteiger charge is 2.17. The van der Waals surface area contributed by atoms with Gasteiger partial charge in [-0.3, -0.25) is 0 Å². The van der Waals surface area contributed by atoms with Crippen LogP contribution in [0, 0.1) is 7.14 Å². The summed E-state index contributed by atoms with van der Waals surface area (Å²) in [6, 6.07) is 17.5. The second-order valence-corrected chi connectivity index (χ2v) is 20.6. The van der Waals surface area contributed by atoms with Gasteiger partial charge in [0.1, 0.15) is 0 Å². The van der Waals surface area contributed by atoms with E-state index in [1.807, 2.05) is 47.0 Å². The first-order valence-corrected chi connectivity index (χ1v) is 22.4. The van der Waals surface area contributed by atoms with Crippen molar-refractivity contribution < 1.29 is 0 Å². The largest absolute Gasteiger partial charge is 0.178 e. The lowest BCUT2D eigenvalue weighted by molar-refractivity contribution is 1.15. The molecule has 0 N–H and O–H groups in total. The predicted molar refractivity (Wildman–Crippen MR) is 200 cm³/mol. The van der Waals surface area contributed by atoms with E-state index in [2.05, 4.69) is 153 Å². The Morgan fingerprint density at radius 1 is 0.686 bits per heavy atom. The summed E-state index contributed by atoms with van der Waals surface area (Å²) in [6.45, 7) is 0. The number of hydrogen-bond acceptors (Lipinski definition) is 9. The third-order valence-electron chi connectivity index (χ3n) is 4.74. The molecule has 3 aliphatic heterocycles. The quantitative estimate of drug-likeness (QED) is 0.164. The number of halogens is 2. The van der Waals surface area contributed by atoms with Crippen LogP contribution in [0.2, 0.25) is 0 Å². The highest BCUT2D eigenvalue weighted by Crippen LogP contribution is 2.36. The number of rotatable bonds is 7. The van der Waals surface area contributed by atoms with Gasteiger partial charge in [-0.15, -0.1) is 94.1 Å². The van der Waals surface area contributed by atoms with Crippen molar-refractivity contribution in [3.8, 4) is 0 Å². The topological polar surface area (TPSA) is 0 Å². The molecule has 5 rings (SSSR count). The van der Waals surface area contributed by atoms with E-state index in [1.165, 1.54) is 61.0 Å². The van der Waals surface area contributed by atoms with Crippen LogP contribution in [0.3, 0.4) is 0 Å². The van der Waals surface area contributed by atoms with E-state index in [1.54, 1.807) is 0 Å². The Hall–Kier alpha value is 3.05. The lowest BCUT2D eigenvalue weighted by Gasteiger charge is -2.10. The SMILES string of the molecule is Ic1cccc(I)c1.SCC1CSCS1.c1cc(SCC2CSCS2)cc(SCC2CSCS2)c1. The van der Waals surface area contributed by atoms with E-state index in [4.69, 9.17) is 0 Å². The summed E-state index contributed by atoms with van der Waals surface area (Å²) in [4.78, 5) is 2.89. The Labute approximate surface area is 279 Å². The van der Waals surface area contributed by atoms with E-state index in [9.17, 15) is 0 Å². The van der Waals surface area contributed by atoms with Gasteiger partial charge < -0.3 is 0 Å². The van der Waals surface area contributed by atoms with E-state index in [0.717, 1.165) is 21.5 Å². The van der Waals surface area contributed by atoms with Crippen LogP contribution >= 0.6 is 152 Å². The molecule has 3 saturated heterocycles. The second kappa shape index (κ2) is 20.0. The third-order valence-corrected chi connectivity index (χ3v) is 18.1. The molecule has 2 aromatic carbocycles. The molecule has 35 heavy (non-hydrogen) atoms. The van der Waals surface area contributed by atoms with Gasteiger partial charge in [0.2, 0.25) is 0 Å². The number of thioether (sulfide) groups is 8. The fraction of sp³-hybridized carbons (Fsp3) is 0.500. The number of hydrogen-bond donors (Lipinski definition) is 1. The minimum atomic E-state index is 0.841. The molecular formula is C24H30I2S9. The Morgan fingerprint density at radius 3 is 1.49 bits per heavy atom. The fourth-order valence-electron chi connectivity index (χ4n) is 2.91. The Kier molecular flexibility index (Phi) is 18.6. The van der Waals surface area contributed by atoms with Crippen LogP contribution < -0.4 is 0 Å². The molecule has 0 radical (unpaired) electrons. The summed E-state index contributed by atoms with van der Waals surface area (Å²) in [5.74, 6) is 7.57. The zero-order chi connectivity index (χ0) is 24.7. The highest BCUT2D eigenvalue weighted by molar-refractivity contribution is 14.1. The monoisotopic (exact) mass is 860 g/mol. The van der Waals surface area contributed by atoms with Crippen molar-refractivity contribution in [2.75, 3.05) is 49.8 Å². The first-order valence-electron chi connectivity index (χ1n) is 11.1. The molecule has 3 fully saturated rings. The molecule has 3 unspecified atom stereocenters. The maximum absolute atomic E-state index is 4.18. The lowest BCUT2D eigenvalue weighted by atomic mass is 10.4. The maximum Gasteiger partial charge on any atom is 0.0395 e. The van der Waals surface area contributed by atoms with Crippen molar-refractivity contribution in [1.82, 2.24) is 0 Å². The zero-order valence-corrected chi connectivity index (χ0v) is 30.9. The molecule has 0 spiro atoms. The van der Waals surface area contributed by atoms with Gasteiger partial charge in [0.15, 0.2) is 0 Å². The van der Waals surface area contributed by atoms with Crippen molar-refractivity contribution >= 4 is 152 Å². The Morgan fingerprint density at radius 2 is 1.14 bits per heavy atom. The van der Waals surface area contributed by atoms with Crippen LogP contribution in [0.4, 0.5) is 0 Å². The van der Waals surface area contributed by atoms with Gasteiger partial charge in [0, 0.05) is 82.5 Å². The molecule has 3 aliphatic rings. The molecule has 0 bridgehead atoms. The summed E-state index contributed by atoms with van der Waals surface area (Å²) in [5, 5.41) is 6.41. The molecule has 3 atom stereocenters. The summed E-state index contributed by atoms with van der Waals surface area (Å²) in [7, 11) is 0. The van der Waals surface area contributed by atoms with Crippen LogP contribution in [0.1, 0.15) is 0 Å². The van der Waals surface area contributed by atoms with Gasteiger partial charge in [-0.1, -0.05) is 12.1 Å². The molecular weight excluding hydrogens is 831 g/mol. The van der Waals surface area contributed by atoms with Crippen molar-refractivity contribution in [3.63, 3.8) is 0 Å². The van der Waals surface area contributed by atoms with Crippen molar-refractivity contribution in [1.29, 1.82) is 0 Å². The molecule has 0 aliphatic carbocycles. The minimum Gasteiger partial charge on any atom is -0.178 e. The van der Waals surface area contributed by atoms with Crippen LogP contribution in [0.15, 0.2) is 58.3 Å². The Bertz CT molecular complexity index is 787. The van der Waals surface area contributed by atoms with E-state index < -0.39 is 0 Å². The van der Waals surface area contributed by atoms with Crippen LogP contribution in [-0.4, -0.2) is 65.5 Å². The average molecular weight is 861 g/mol. The van der Waals surface area contributed by atoms with Crippen LogP contribution in [-0.2, 0) is 0 Å². The van der Waals surface area contributed by atoms with Crippen LogP contribution in [0.25, 0.3) is 0 Å². The van der Waals surface area contributed by atoms with E-state index >= 15 is 0 Å². The molecule has 0 aromatic heterocycles. The van der Waals surface area contributed by atoms with Gasteiger partial charge in [0.25, 0.3) is 0 Å². The predicted octanol–water partition coefficient (Wildman–Crippen LogP) is 10.1. The van der Waals surface area contributed by atoms with Crippen LogP contribution in [0.5, 0.6) is 0 Å². The van der Waals surface area contributed by atoms with Gasteiger partial charge in [-0.25, -0.2) is 0 Å². The second-order valence-electron chi connectivity index (χ2n) is 7.55. The number of thiol groups is 1. The first kappa shape index (κ1) is 32.6. The molecule has 0 amide bonds. The number of benzene rings is 2. The minimum absolute atomic E-state index is 0.841. The average Bonchev–Trinajstić information content (AvgIpc) is 3.66. The maximum atomic E-state index is 4.18. The van der Waals surface area contributed by atoms with Gasteiger partial charge in [0.05, 0.1) is 0 Å². The molecule has 0 saturated carbocycles. The van der Waals surface area contributed by atoms with Crippen molar-refractivity contribution in [2.24, 2.45) is 0 Å². The smallest absolute Gasteiger partial charge is 0.0395 e. The molecule has 11 heteroatoms. The Balaban J connectivity index is 0.000000186. The fourth-order valence-corrected chi connectivity index (χ4v) is 16.4. The van der Waals surface area contributed by atoms with Gasteiger partial charge in [-0.05, 0) is 81.6 Å². The summed E-state index contributed by atoms with van der Waals surface area (Å²) >= 11 is 25.3. The van der Waals surface area contributed by atoms with E-state index in [-0.39, 0.29) is 0 Å². The highest BCUT2D eigenvalue weighted by atomic mass is 127.